The number of rotatable bonds is 8. The SMILES string of the molecule is COc1ccc(C(=O)Nc2ccccc2)cc1N=Nc1c(O)c(CC(=O)Nc2ccccc2)cc2ccccc12. The van der Waals surface area contributed by atoms with Gasteiger partial charge in [-0.3, -0.25) is 9.59 Å². The highest BCUT2D eigenvalue weighted by molar-refractivity contribution is 6.05. The summed E-state index contributed by atoms with van der Waals surface area (Å²) in [6, 6.07) is 32.2. The number of anilines is 2. The summed E-state index contributed by atoms with van der Waals surface area (Å²) >= 11 is 0. The van der Waals surface area contributed by atoms with Crippen LogP contribution in [0.25, 0.3) is 10.8 Å². The molecule has 0 spiro atoms. The second kappa shape index (κ2) is 11.9. The number of hydrogen-bond acceptors (Lipinski definition) is 6. The topological polar surface area (TPSA) is 112 Å². The van der Waals surface area contributed by atoms with E-state index in [1.54, 1.807) is 48.5 Å². The van der Waals surface area contributed by atoms with Crippen LogP contribution in [-0.2, 0) is 11.2 Å². The number of fused-ring (bicyclic) bond motifs is 1. The number of carbonyl (C=O) groups is 2. The van der Waals surface area contributed by atoms with Gasteiger partial charge >= 0.3 is 0 Å². The normalized spacial score (nSPS) is 10.9. The minimum atomic E-state index is -0.315. The number of ether oxygens (including phenoxy) is 1. The smallest absolute Gasteiger partial charge is 0.255 e. The lowest BCUT2D eigenvalue weighted by Gasteiger charge is -2.12. The standard InChI is InChI=1S/C32H26N4O4/c1-40-28-17-16-22(32(39)34-25-13-6-3-7-14-25)19-27(28)35-36-30-26-15-9-8-10-21(26)18-23(31(30)38)20-29(37)33-24-11-4-2-5-12-24/h2-19,38H,20H2,1H3,(H,33,37)(H,34,39). The van der Waals surface area contributed by atoms with E-state index in [0.717, 1.165) is 5.39 Å². The van der Waals surface area contributed by atoms with Gasteiger partial charge in [0.2, 0.25) is 5.91 Å². The van der Waals surface area contributed by atoms with Crippen molar-refractivity contribution >= 4 is 45.3 Å². The van der Waals surface area contributed by atoms with Crippen LogP contribution >= 0.6 is 0 Å². The Morgan fingerprint density at radius 1 is 0.775 bits per heavy atom. The first-order chi connectivity index (χ1) is 19.5. The van der Waals surface area contributed by atoms with E-state index in [4.69, 9.17) is 4.74 Å². The van der Waals surface area contributed by atoms with E-state index >= 15 is 0 Å². The number of para-hydroxylation sites is 2. The van der Waals surface area contributed by atoms with Crippen LogP contribution in [0.2, 0.25) is 0 Å². The fourth-order valence-electron chi connectivity index (χ4n) is 4.25. The number of methoxy groups -OCH3 is 1. The summed E-state index contributed by atoms with van der Waals surface area (Å²) in [4.78, 5) is 25.6. The Labute approximate surface area is 231 Å². The highest BCUT2D eigenvalue weighted by atomic mass is 16.5. The summed E-state index contributed by atoms with van der Waals surface area (Å²) in [6.07, 6.45) is -0.0630. The molecular formula is C32H26N4O4. The molecule has 0 fully saturated rings. The van der Waals surface area contributed by atoms with Crippen LogP contribution < -0.4 is 15.4 Å². The third-order valence-electron chi connectivity index (χ3n) is 6.21. The van der Waals surface area contributed by atoms with Gasteiger partial charge in [-0.25, -0.2) is 0 Å². The zero-order valence-electron chi connectivity index (χ0n) is 21.7. The maximum Gasteiger partial charge on any atom is 0.255 e. The second-order valence-electron chi connectivity index (χ2n) is 8.95. The van der Waals surface area contributed by atoms with E-state index in [0.29, 0.717) is 39.3 Å². The molecule has 198 valence electrons. The van der Waals surface area contributed by atoms with Crippen molar-refractivity contribution in [2.45, 2.75) is 6.42 Å². The third-order valence-corrected chi connectivity index (χ3v) is 6.21. The van der Waals surface area contributed by atoms with Crippen molar-refractivity contribution in [3.8, 4) is 11.5 Å². The number of aromatic hydroxyl groups is 1. The Bertz CT molecular complexity index is 1700. The predicted octanol–water partition coefficient (Wildman–Crippen LogP) is 7.40. The lowest BCUT2D eigenvalue weighted by atomic mass is 10.0. The molecule has 0 atom stereocenters. The Balaban J connectivity index is 1.47. The summed E-state index contributed by atoms with van der Waals surface area (Å²) in [6.45, 7) is 0. The Morgan fingerprint density at radius 3 is 2.12 bits per heavy atom. The molecule has 2 amide bonds. The van der Waals surface area contributed by atoms with Crippen LogP contribution in [0.5, 0.6) is 11.5 Å². The minimum absolute atomic E-state index is 0.0630. The van der Waals surface area contributed by atoms with Crippen molar-refractivity contribution in [1.82, 2.24) is 0 Å². The van der Waals surface area contributed by atoms with Crippen LogP contribution in [0, 0.1) is 0 Å². The number of benzene rings is 5. The Morgan fingerprint density at radius 2 is 1.43 bits per heavy atom. The number of amides is 2. The monoisotopic (exact) mass is 530 g/mol. The molecule has 8 heteroatoms. The van der Waals surface area contributed by atoms with Crippen LogP contribution in [0.1, 0.15) is 15.9 Å². The molecule has 0 heterocycles. The first-order valence-electron chi connectivity index (χ1n) is 12.6. The number of carbonyl (C=O) groups excluding carboxylic acids is 2. The predicted molar refractivity (Wildman–Crippen MR) is 156 cm³/mol. The van der Waals surface area contributed by atoms with Gasteiger partial charge in [0, 0.05) is 27.9 Å². The average molecular weight is 531 g/mol. The first kappa shape index (κ1) is 26.1. The minimum Gasteiger partial charge on any atom is -0.505 e. The number of phenols is 1. The van der Waals surface area contributed by atoms with Gasteiger partial charge in [0.15, 0.2) is 0 Å². The number of nitrogens with one attached hydrogen (secondary N) is 2. The molecule has 5 aromatic carbocycles. The van der Waals surface area contributed by atoms with Crippen LogP contribution in [0.15, 0.2) is 119 Å². The molecule has 40 heavy (non-hydrogen) atoms. The fraction of sp³-hybridized carbons (Fsp3) is 0.0625. The summed E-state index contributed by atoms with van der Waals surface area (Å²) in [7, 11) is 1.50. The van der Waals surface area contributed by atoms with E-state index in [2.05, 4.69) is 20.9 Å². The largest absolute Gasteiger partial charge is 0.505 e. The molecule has 0 bridgehead atoms. The number of nitrogens with zero attached hydrogens (tertiary/aromatic N) is 2. The van der Waals surface area contributed by atoms with Crippen molar-refractivity contribution in [2.24, 2.45) is 10.2 Å². The van der Waals surface area contributed by atoms with Gasteiger partial charge in [-0.1, -0.05) is 60.7 Å². The zero-order chi connectivity index (χ0) is 27.9. The molecular weight excluding hydrogens is 504 g/mol. The van der Waals surface area contributed by atoms with Crippen LogP contribution in [0.4, 0.5) is 22.7 Å². The van der Waals surface area contributed by atoms with E-state index in [1.807, 2.05) is 60.7 Å². The molecule has 0 aliphatic heterocycles. The molecule has 5 rings (SSSR count). The summed E-state index contributed by atoms with van der Waals surface area (Å²) in [5, 5.41) is 27.0. The highest BCUT2D eigenvalue weighted by Gasteiger charge is 2.17. The average Bonchev–Trinajstić information content (AvgIpc) is 2.98. The lowest BCUT2D eigenvalue weighted by molar-refractivity contribution is -0.115. The van der Waals surface area contributed by atoms with E-state index in [1.165, 1.54) is 7.11 Å². The van der Waals surface area contributed by atoms with Crippen molar-refractivity contribution < 1.29 is 19.4 Å². The van der Waals surface area contributed by atoms with Gasteiger partial charge in [0.05, 0.1) is 13.5 Å². The van der Waals surface area contributed by atoms with Gasteiger partial charge in [-0.2, -0.15) is 0 Å². The first-order valence-corrected chi connectivity index (χ1v) is 12.6. The number of phenolic OH excluding ortho intramolecular Hbond substituents is 1. The summed E-state index contributed by atoms with van der Waals surface area (Å²) in [5.74, 6) is -0.340. The van der Waals surface area contributed by atoms with Crippen LogP contribution in [-0.4, -0.2) is 24.0 Å². The molecule has 0 saturated heterocycles. The van der Waals surface area contributed by atoms with Gasteiger partial charge in [0.25, 0.3) is 5.91 Å². The number of azo groups is 1. The Kier molecular flexibility index (Phi) is 7.78. The second-order valence-corrected chi connectivity index (χ2v) is 8.95. The van der Waals surface area contributed by atoms with Gasteiger partial charge in [-0.15, -0.1) is 10.2 Å². The van der Waals surface area contributed by atoms with Gasteiger partial charge in [0.1, 0.15) is 22.9 Å². The van der Waals surface area contributed by atoms with Crippen LogP contribution in [0.3, 0.4) is 0 Å². The maximum absolute atomic E-state index is 12.8. The highest BCUT2D eigenvalue weighted by Crippen LogP contribution is 2.40. The maximum atomic E-state index is 12.8. The van der Waals surface area contributed by atoms with Gasteiger partial charge < -0.3 is 20.5 Å². The molecule has 3 N–H and O–H groups in total. The third kappa shape index (κ3) is 5.97. The Hall–Kier alpha value is -5.50. The molecule has 0 aliphatic carbocycles. The molecule has 0 aliphatic rings. The molecule has 5 aromatic rings. The summed E-state index contributed by atoms with van der Waals surface area (Å²) in [5.41, 5.74) is 2.61. The zero-order valence-corrected chi connectivity index (χ0v) is 21.7. The van der Waals surface area contributed by atoms with Crippen molar-refractivity contribution in [1.29, 1.82) is 0 Å². The number of hydrogen-bond donors (Lipinski definition) is 3. The van der Waals surface area contributed by atoms with Gasteiger partial charge in [-0.05, 0) is 53.9 Å². The van der Waals surface area contributed by atoms with Crippen molar-refractivity contribution in [3.05, 3.63) is 120 Å². The summed E-state index contributed by atoms with van der Waals surface area (Å²) < 4.78 is 5.44. The van der Waals surface area contributed by atoms with E-state index in [-0.39, 0.29) is 29.7 Å². The molecule has 0 unspecified atom stereocenters. The fourth-order valence-corrected chi connectivity index (χ4v) is 4.25. The quantitative estimate of drug-likeness (QED) is 0.181. The molecule has 0 radical (unpaired) electrons. The van der Waals surface area contributed by atoms with Crippen molar-refractivity contribution in [2.75, 3.05) is 17.7 Å². The van der Waals surface area contributed by atoms with E-state index < -0.39 is 0 Å². The molecule has 0 aromatic heterocycles. The molecule has 0 saturated carbocycles. The molecule has 8 nitrogen and oxygen atoms in total. The lowest BCUT2D eigenvalue weighted by Crippen LogP contribution is -2.14. The van der Waals surface area contributed by atoms with Crippen molar-refractivity contribution in [3.63, 3.8) is 0 Å². The van der Waals surface area contributed by atoms with E-state index in [9.17, 15) is 14.7 Å².